The van der Waals surface area contributed by atoms with Crippen LogP contribution in [0.15, 0.2) is 15.7 Å². The molecule has 1 heterocycles. The predicted molar refractivity (Wildman–Crippen MR) is 46.2 cm³/mol. The molecule has 0 radical (unpaired) electrons. The van der Waals surface area contributed by atoms with E-state index in [0.29, 0.717) is 12.8 Å². The summed E-state index contributed by atoms with van der Waals surface area (Å²) >= 11 is 0. The van der Waals surface area contributed by atoms with Crippen LogP contribution in [-0.4, -0.2) is 21.0 Å². The second-order valence-electron chi connectivity index (χ2n) is 3.39. The van der Waals surface area contributed by atoms with Crippen molar-refractivity contribution in [3.05, 3.63) is 32.6 Å². The summed E-state index contributed by atoms with van der Waals surface area (Å²) < 4.78 is 0. The summed E-state index contributed by atoms with van der Waals surface area (Å²) in [7, 11) is 0. The topological polar surface area (TPSA) is 103 Å². The monoisotopic (exact) mass is 196 g/mol. The molecule has 1 saturated carbocycles. The molecule has 1 aromatic rings. The lowest BCUT2D eigenvalue weighted by Crippen LogP contribution is -2.30. The lowest BCUT2D eigenvalue weighted by molar-refractivity contribution is -0.140. The molecule has 0 atom stereocenters. The molecule has 6 nitrogen and oxygen atoms in total. The minimum absolute atomic E-state index is 0.193. The van der Waals surface area contributed by atoms with Gasteiger partial charge < -0.3 is 10.1 Å². The third-order valence-electron chi connectivity index (χ3n) is 2.44. The second kappa shape index (κ2) is 2.57. The maximum absolute atomic E-state index is 10.9. The van der Waals surface area contributed by atoms with Gasteiger partial charge in [0.25, 0.3) is 5.56 Å². The number of aliphatic carboxylic acids is 1. The zero-order valence-electron chi connectivity index (χ0n) is 7.16. The van der Waals surface area contributed by atoms with Gasteiger partial charge in [0.1, 0.15) is 5.41 Å². The van der Waals surface area contributed by atoms with Gasteiger partial charge in [-0.3, -0.25) is 14.6 Å². The minimum Gasteiger partial charge on any atom is -0.481 e. The average Bonchev–Trinajstić information content (AvgIpc) is 2.81. The Kier molecular flexibility index (Phi) is 1.60. The lowest BCUT2D eigenvalue weighted by Gasteiger charge is -2.07. The van der Waals surface area contributed by atoms with E-state index in [1.54, 1.807) is 0 Å². The van der Waals surface area contributed by atoms with Gasteiger partial charge >= 0.3 is 11.7 Å². The van der Waals surface area contributed by atoms with Gasteiger partial charge in [0, 0.05) is 11.8 Å². The number of hydrogen-bond donors (Lipinski definition) is 3. The standard InChI is InChI=1S/C8H8N2O4/c11-5-3-4(9-7(14)10-5)8(1-2-8)6(12)13/h3H,1-2H2,(H,12,13)(H2,9,10,11,14). The third-order valence-corrected chi connectivity index (χ3v) is 2.44. The van der Waals surface area contributed by atoms with Crippen LogP contribution in [0.1, 0.15) is 18.5 Å². The van der Waals surface area contributed by atoms with Crippen LogP contribution in [0, 0.1) is 0 Å². The Labute approximate surface area is 77.6 Å². The van der Waals surface area contributed by atoms with Crippen LogP contribution in [0.2, 0.25) is 0 Å². The van der Waals surface area contributed by atoms with Crippen LogP contribution >= 0.6 is 0 Å². The molecule has 1 aromatic heterocycles. The lowest BCUT2D eigenvalue weighted by atomic mass is 10.0. The molecule has 6 heteroatoms. The first-order valence-electron chi connectivity index (χ1n) is 4.12. The Morgan fingerprint density at radius 1 is 1.36 bits per heavy atom. The molecule has 1 aliphatic rings. The highest BCUT2D eigenvalue weighted by Crippen LogP contribution is 2.46. The summed E-state index contributed by atoms with van der Waals surface area (Å²) in [5.41, 5.74) is -2.08. The van der Waals surface area contributed by atoms with Gasteiger partial charge in [-0.2, -0.15) is 0 Å². The van der Waals surface area contributed by atoms with Gasteiger partial charge in [0.2, 0.25) is 0 Å². The molecule has 1 aliphatic carbocycles. The Morgan fingerprint density at radius 3 is 2.43 bits per heavy atom. The molecule has 0 unspecified atom stereocenters. The summed E-state index contributed by atoms with van der Waals surface area (Å²) in [6.07, 6.45) is 0.920. The molecular formula is C8H8N2O4. The minimum atomic E-state index is -1.03. The number of rotatable bonds is 2. The summed E-state index contributed by atoms with van der Waals surface area (Å²) in [4.78, 5) is 37.0. The smallest absolute Gasteiger partial charge is 0.325 e. The molecule has 0 amide bonds. The molecule has 1 fully saturated rings. The fourth-order valence-corrected chi connectivity index (χ4v) is 1.45. The number of carboxylic acid groups (broad SMARTS) is 1. The number of hydrogen-bond acceptors (Lipinski definition) is 3. The van der Waals surface area contributed by atoms with Gasteiger partial charge in [-0.1, -0.05) is 0 Å². The number of carboxylic acids is 1. The molecule has 74 valence electrons. The van der Waals surface area contributed by atoms with Crippen molar-refractivity contribution in [1.29, 1.82) is 0 Å². The van der Waals surface area contributed by atoms with E-state index in [9.17, 15) is 14.4 Å². The van der Waals surface area contributed by atoms with E-state index in [4.69, 9.17) is 5.11 Å². The van der Waals surface area contributed by atoms with Crippen molar-refractivity contribution >= 4 is 5.97 Å². The SMILES string of the molecule is O=C(O)C1(c2cc(=O)[nH]c(=O)[nH]2)CC1. The maximum Gasteiger partial charge on any atom is 0.325 e. The number of aromatic amines is 2. The summed E-state index contributed by atoms with van der Waals surface area (Å²) in [5.74, 6) is -1.00. The molecule has 14 heavy (non-hydrogen) atoms. The van der Waals surface area contributed by atoms with Crippen molar-refractivity contribution in [2.75, 3.05) is 0 Å². The molecule has 2 rings (SSSR count). The zero-order valence-corrected chi connectivity index (χ0v) is 7.16. The Balaban J connectivity index is 2.58. The molecule has 0 bridgehead atoms. The fraction of sp³-hybridized carbons (Fsp3) is 0.375. The number of H-pyrrole nitrogens is 2. The van der Waals surface area contributed by atoms with Gasteiger partial charge in [-0.25, -0.2) is 4.79 Å². The highest BCUT2D eigenvalue weighted by Gasteiger charge is 2.52. The van der Waals surface area contributed by atoms with Crippen molar-refractivity contribution in [3.63, 3.8) is 0 Å². The van der Waals surface area contributed by atoms with Crippen LogP contribution < -0.4 is 11.2 Å². The summed E-state index contributed by atoms with van der Waals surface area (Å²) in [5, 5.41) is 8.90. The van der Waals surface area contributed by atoms with E-state index in [2.05, 4.69) is 4.98 Å². The van der Waals surface area contributed by atoms with Crippen LogP contribution in [0.25, 0.3) is 0 Å². The summed E-state index contributed by atoms with van der Waals surface area (Å²) in [6, 6.07) is 1.13. The highest BCUT2D eigenvalue weighted by molar-refractivity contribution is 5.84. The third kappa shape index (κ3) is 1.15. The maximum atomic E-state index is 10.9. The first-order valence-corrected chi connectivity index (χ1v) is 4.12. The van der Waals surface area contributed by atoms with E-state index in [0.717, 1.165) is 6.07 Å². The first-order chi connectivity index (χ1) is 6.54. The van der Waals surface area contributed by atoms with Crippen LogP contribution in [0.4, 0.5) is 0 Å². The van der Waals surface area contributed by atoms with Crippen LogP contribution in [-0.2, 0) is 10.2 Å². The normalized spacial score (nSPS) is 17.7. The molecular weight excluding hydrogens is 188 g/mol. The Morgan fingerprint density at radius 2 is 2.00 bits per heavy atom. The van der Waals surface area contributed by atoms with Gasteiger partial charge in [0.15, 0.2) is 0 Å². The van der Waals surface area contributed by atoms with Crippen molar-refractivity contribution in [3.8, 4) is 0 Å². The quantitative estimate of drug-likeness (QED) is 0.574. The van der Waals surface area contributed by atoms with E-state index >= 15 is 0 Å². The fourth-order valence-electron chi connectivity index (χ4n) is 1.45. The van der Waals surface area contributed by atoms with Crippen molar-refractivity contribution in [1.82, 2.24) is 9.97 Å². The van der Waals surface area contributed by atoms with E-state index in [-0.39, 0.29) is 5.69 Å². The van der Waals surface area contributed by atoms with Crippen molar-refractivity contribution in [2.24, 2.45) is 0 Å². The van der Waals surface area contributed by atoms with Gasteiger partial charge in [-0.15, -0.1) is 0 Å². The second-order valence-corrected chi connectivity index (χ2v) is 3.39. The predicted octanol–water partition coefficient (Wildman–Crippen LogP) is -0.821. The van der Waals surface area contributed by atoms with Crippen LogP contribution in [0.3, 0.4) is 0 Å². The van der Waals surface area contributed by atoms with Crippen molar-refractivity contribution in [2.45, 2.75) is 18.3 Å². The molecule has 0 spiro atoms. The summed E-state index contributed by atoms with van der Waals surface area (Å²) in [6.45, 7) is 0. The van der Waals surface area contributed by atoms with E-state index < -0.39 is 22.6 Å². The largest absolute Gasteiger partial charge is 0.481 e. The molecule has 3 N–H and O–H groups in total. The number of aromatic nitrogens is 2. The van der Waals surface area contributed by atoms with Crippen LogP contribution in [0.5, 0.6) is 0 Å². The first kappa shape index (κ1) is 8.74. The average molecular weight is 196 g/mol. The molecule has 0 saturated heterocycles. The zero-order chi connectivity index (χ0) is 10.3. The van der Waals surface area contributed by atoms with Crippen molar-refractivity contribution < 1.29 is 9.90 Å². The van der Waals surface area contributed by atoms with Gasteiger partial charge in [0.05, 0.1) is 0 Å². The molecule has 0 aliphatic heterocycles. The Bertz CT molecular complexity index is 466. The number of nitrogens with one attached hydrogen (secondary N) is 2. The van der Waals surface area contributed by atoms with E-state index in [1.807, 2.05) is 4.98 Å². The highest BCUT2D eigenvalue weighted by atomic mass is 16.4. The molecule has 0 aromatic carbocycles. The van der Waals surface area contributed by atoms with Gasteiger partial charge in [-0.05, 0) is 12.8 Å². The van der Waals surface area contributed by atoms with E-state index in [1.165, 1.54) is 0 Å². The Hall–Kier alpha value is -1.85. The number of carbonyl (C=O) groups is 1.